The molecule has 33 heavy (non-hydrogen) atoms. The number of aromatic nitrogens is 3. The van der Waals surface area contributed by atoms with E-state index in [-0.39, 0.29) is 6.04 Å². The summed E-state index contributed by atoms with van der Waals surface area (Å²) in [5.74, 6) is 0.572. The number of pyridine rings is 1. The second-order valence-electron chi connectivity index (χ2n) is 8.07. The lowest BCUT2D eigenvalue weighted by atomic mass is 10.1. The molecule has 0 fully saturated rings. The number of rotatable bonds is 5. The fourth-order valence-electron chi connectivity index (χ4n) is 3.91. The molecule has 0 saturated carbocycles. The number of nitrogens with zero attached hydrogens (tertiary/aromatic N) is 4. The molecular formula is C27H25N5O. The molecule has 1 aliphatic carbocycles. The maximum absolute atomic E-state index is 5.18. The molecule has 164 valence electrons. The van der Waals surface area contributed by atoms with Crippen molar-refractivity contribution in [2.24, 2.45) is 4.99 Å². The maximum atomic E-state index is 5.18. The van der Waals surface area contributed by atoms with Crippen LogP contribution >= 0.6 is 0 Å². The number of ether oxygens (including phenoxy) is 1. The van der Waals surface area contributed by atoms with Crippen molar-refractivity contribution in [1.29, 1.82) is 0 Å². The molecule has 0 spiro atoms. The third-order valence-electron chi connectivity index (χ3n) is 5.33. The molecule has 3 aromatic rings. The average Bonchev–Trinajstić information content (AvgIpc) is 2.84. The first-order valence-corrected chi connectivity index (χ1v) is 10.9. The molecule has 6 nitrogen and oxygen atoms in total. The first-order valence-electron chi connectivity index (χ1n) is 10.9. The van der Waals surface area contributed by atoms with Gasteiger partial charge in [-0.15, -0.1) is 0 Å². The largest absolute Gasteiger partial charge is 0.481 e. The summed E-state index contributed by atoms with van der Waals surface area (Å²) >= 11 is 0. The van der Waals surface area contributed by atoms with Crippen molar-refractivity contribution in [2.45, 2.75) is 19.9 Å². The fourth-order valence-corrected chi connectivity index (χ4v) is 3.91. The molecule has 6 heteroatoms. The summed E-state index contributed by atoms with van der Waals surface area (Å²) in [7, 11) is 1.61. The molecule has 0 unspecified atom stereocenters. The lowest BCUT2D eigenvalue weighted by molar-refractivity contribution is 0.398. The number of hydrogen-bond donors (Lipinski definition) is 1. The molecule has 0 bridgehead atoms. The topological polar surface area (TPSA) is 64.3 Å². The zero-order valence-electron chi connectivity index (χ0n) is 18.9. The molecule has 2 heterocycles. The predicted octanol–water partition coefficient (Wildman–Crippen LogP) is 5.59. The second kappa shape index (κ2) is 8.74. The molecule has 1 aromatic heterocycles. The Labute approximate surface area is 192 Å². The number of anilines is 2. The van der Waals surface area contributed by atoms with Crippen molar-refractivity contribution < 1.29 is 4.74 Å². The van der Waals surface area contributed by atoms with Crippen LogP contribution in [0.2, 0.25) is 0 Å². The maximum Gasteiger partial charge on any atom is 0.213 e. The minimum Gasteiger partial charge on any atom is -0.481 e. The minimum absolute atomic E-state index is 0.135. The summed E-state index contributed by atoms with van der Waals surface area (Å²) < 4.78 is 7.43. The van der Waals surface area contributed by atoms with Crippen molar-refractivity contribution in [3.05, 3.63) is 90.4 Å². The van der Waals surface area contributed by atoms with Gasteiger partial charge < -0.3 is 14.6 Å². The van der Waals surface area contributed by atoms with Crippen LogP contribution in [0.25, 0.3) is 28.1 Å². The molecule has 0 radical (unpaired) electrons. The molecule has 2 aromatic carbocycles. The Kier molecular flexibility index (Phi) is 5.48. The zero-order valence-corrected chi connectivity index (χ0v) is 18.9. The van der Waals surface area contributed by atoms with Crippen molar-refractivity contribution in [3.63, 3.8) is 0 Å². The van der Waals surface area contributed by atoms with E-state index in [1.54, 1.807) is 13.3 Å². The third kappa shape index (κ3) is 4.15. The Balaban J connectivity index is 1.77. The van der Waals surface area contributed by atoms with Gasteiger partial charge in [-0.05, 0) is 56.3 Å². The van der Waals surface area contributed by atoms with Gasteiger partial charge in [0.05, 0.1) is 52.5 Å². The van der Waals surface area contributed by atoms with Crippen LogP contribution in [-0.2, 0) is 0 Å². The predicted molar refractivity (Wildman–Crippen MR) is 132 cm³/mol. The first-order chi connectivity index (χ1) is 16.1. The van der Waals surface area contributed by atoms with Gasteiger partial charge in [0, 0.05) is 17.8 Å². The first kappa shape index (κ1) is 20.7. The SMILES string of the molecule is COc1ccc(Nc2cc3nc4ccccc4n(-c4ccccc4)c-3cc2=NC(C)C)cn1. The van der Waals surface area contributed by atoms with E-state index >= 15 is 0 Å². The zero-order chi connectivity index (χ0) is 22.8. The molecule has 0 amide bonds. The number of benzene rings is 3. The van der Waals surface area contributed by atoms with Crippen LogP contribution in [0.15, 0.2) is 90.1 Å². The van der Waals surface area contributed by atoms with Gasteiger partial charge in [0.15, 0.2) is 0 Å². The smallest absolute Gasteiger partial charge is 0.213 e. The van der Waals surface area contributed by atoms with Gasteiger partial charge in [-0.3, -0.25) is 4.99 Å². The van der Waals surface area contributed by atoms with E-state index in [0.717, 1.165) is 44.8 Å². The third-order valence-corrected chi connectivity index (χ3v) is 5.33. The number of fused-ring (bicyclic) bond motifs is 2. The molecule has 1 N–H and O–H groups in total. The number of nitrogens with one attached hydrogen (secondary N) is 1. The lowest BCUT2D eigenvalue weighted by Gasteiger charge is -2.20. The van der Waals surface area contributed by atoms with Gasteiger partial charge in [0.25, 0.3) is 0 Å². The average molecular weight is 436 g/mol. The van der Waals surface area contributed by atoms with Crippen LogP contribution in [-0.4, -0.2) is 27.7 Å². The Morgan fingerprint density at radius 3 is 2.45 bits per heavy atom. The van der Waals surface area contributed by atoms with E-state index in [1.165, 1.54) is 0 Å². The highest BCUT2D eigenvalue weighted by Gasteiger charge is 2.16. The molecule has 5 rings (SSSR count). The molecule has 1 aliphatic heterocycles. The Morgan fingerprint density at radius 2 is 1.73 bits per heavy atom. The summed E-state index contributed by atoms with van der Waals surface area (Å²) in [6.45, 7) is 4.15. The Hall–Kier alpha value is -4.19. The van der Waals surface area contributed by atoms with Crippen molar-refractivity contribution in [3.8, 4) is 23.0 Å². The summed E-state index contributed by atoms with van der Waals surface area (Å²) in [5.41, 5.74) is 6.67. The molecule has 0 atom stereocenters. The van der Waals surface area contributed by atoms with E-state index in [2.05, 4.69) is 71.2 Å². The van der Waals surface area contributed by atoms with Gasteiger partial charge in [0.1, 0.15) is 0 Å². The highest BCUT2D eigenvalue weighted by atomic mass is 16.5. The lowest BCUT2D eigenvalue weighted by Crippen LogP contribution is -2.16. The van der Waals surface area contributed by atoms with Gasteiger partial charge in [-0.25, -0.2) is 9.97 Å². The van der Waals surface area contributed by atoms with Crippen LogP contribution in [0.5, 0.6) is 5.88 Å². The normalized spacial score (nSPS) is 11.9. The number of methoxy groups -OCH3 is 1. The van der Waals surface area contributed by atoms with E-state index in [1.807, 2.05) is 36.4 Å². The molecule has 0 saturated heterocycles. The van der Waals surface area contributed by atoms with Gasteiger partial charge in [0.2, 0.25) is 5.88 Å². The quantitative estimate of drug-likeness (QED) is 0.366. The highest BCUT2D eigenvalue weighted by Crippen LogP contribution is 2.30. The molecule has 2 aliphatic rings. The summed E-state index contributed by atoms with van der Waals surface area (Å²) in [6.07, 6.45) is 1.75. The Bertz CT molecular complexity index is 1440. The van der Waals surface area contributed by atoms with Crippen molar-refractivity contribution in [1.82, 2.24) is 14.5 Å². The van der Waals surface area contributed by atoms with Gasteiger partial charge in [-0.2, -0.15) is 0 Å². The standard InChI is InChI=1S/C27H25N5O/c1-18(2)29-23-16-26-24(15-22(23)30-19-13-14-27(33-3)28-17-19)31-21-11-7-8-12-25(21)32(26)20-9-5-4-6-10-20/h4-18,30H,1-3H3. The van der Waals surface area contributed by atoms with Gasteiger partial charge >= 0.3 is 0 Å². The minimum atomic E-state index is 0.135. The van der Waals surface area contributed by atoms with E-state index < -0.39 is 0 Å². The van der Waals surface area contributed by atoms with E-state index in [4.69, 9.17) is 14.7 Å². The van der Waals surface area contributed by atoms with Crippen LogP contribution in [0.1, 0.15) is 13.8 Å². The van der Waals surface area contributed by atoms with E-state index in [9.17, 15) is 0 Å². The summed E-state index contributed by atoms with van der Waals surface area (Å²) in [5, 5.41) is 4.34. The van der Waals surface area contributed by atoms with Crippen LogP contribution in [0.3, 0.4) is 0 Å². The van der Waals surface area contributed by atoms with E-state index in [0.29, 0.717) is 5.88 Å². The van der Waals surface area contributed by atoms with Crippen molar-refractivity contribution in [2.75, 3.05) is 12.4 Å². The highest BCUT2D eigenvalue weighted by molar-refractivity contribution is 5.84. The Morgan fingerprint density at radius 1 is 0.939 bits per heavy atom. The van der Waals surface area contributed by atoms with Crippen LogP contribution < -0.4 is 15.4 Å². The van der Waals surface area contributed by atoms with Crippen LogP contribution in [0, 0.1) is 0 Å². The van der Waals surface area contributed by atoms with Gasteiger partial charge in [-0.1, -0.05) is 30.3 Å². The summed E-state index contributed by atoms with van der Waals surface area (Å²) in [6, 6.07) is 26.6. The second-order valence-corrected chi connectivity index (χ2v) is 8.07. The molecular weight excluding hydrogens is 410 g/mol. The number of hydrogen-bond acceptors (Lipinski definition) is 5. The van der Waals surface area contributed by atoms with Crippen LogP contribution in [0.4, 0.5) is 11.4 Å². The monoisotopic (exact) mass is 435 g/mol. The summed E-state index contributed by atoms with van der Waals surface area (Å²) in [4.78, 5) is 14.2. The van der Waals surface area contributed by atoms with Crippen molar-refractivity contribution >= 4 is 22.4 Å². The fraction of sp³-hybridized carbons (Fsp3) is 0.148. The number of para-hydroxylation sites is 3.